The molecule has 43 heavy (non-hydrogen) atoms. The van der Waals surface area contributed by atoms with E-state index in [1.807, 2.05) is 45.0 Å². The molecular formula is C34H49N3O6. The molecule has 9 nitrogen and oxygen atoms in total. The van der Waals surface area contributed by atoms with Crippen molar-refractivity contribution in [1.29, 1.82) is 0 Å². The molecule has 3 saturated heterocycles. The van der Waals surface area contributed by atoms with Crippen molar-refractivity contribution in [3.05, 3.63) is 49.6 Å². The van der Waals surface area contributed by atoms with Crippen LogP contribution in [-0.4, -0.2) is 83.9 Å². The minimum absolute atomic E-state index is 0.141. The summed E-state index contributed by atoms with van der Waals surface area (Å²) in [4.78, 5) is 48.2. The van der Waals surface area contributed by atoms with Gasteiger partial charge in [0, 0.05) is 31.0 Å². The predicted molar refractivity (Wildman–Crippen MR) is 168 cm³/mol. The molecule has 4 rings (SSSR count). The number of carbonyl (C=O) groups is 3. The van der Waals surface area contributed by atoms with Crippen LogP contribution < -0.4 is 9.80 Å². The number of esters is 1. The van der Waals surface area contributed by atoms with Crippen molar-refractivity contribution in [3.63, 3.8) is 0 Å². The lowest BCUT2D eigenvalue weighted by molar-refractivity contribution is -0.161. The van der Waals surface area contributed by atoms with Crippen molar-refractivity contribution in [2.75, 3.05) is 42.6 Å². The van der Waals surface area contributed by atoms with Crippen molar-refractivity contribution < 1.29 is 29.0 Å². The van der Waals surface area contributed by atoms with Crippen molar-refractivity contribution in [2.24, 2.45) is 17.8 Å². The fourth-order valence-electron chi connectivity index (χ4n) is 7.50. The van der Waals surface area contributed by atoms with E-state index in [2.05, 4.69) is 31.9 Å². The highest BCUT2D eigenvalue weighted by Crippen LogP contribution is 2.64. The zero-order valence-electron chi connectivity index (χ0n) is 26.5. The first-order chi connectivity index (χ1) is 20.5. The number of allylic oxidation sites excluding steroid dienone is 1. The summed E-state index contributed by atoms with van der Waals surface area (Å²) in [6.07, 6.45) is 5.76. The molecule has 3 fully saturated rings. The predicted octanol–water partition coefficient (Wildman–Crippen LogP) is 4.34. The van der Waals surface area contributed by atoms with Gasteiger partial charge in [-0.25, -0.2) is 0 Å². The lowest BCUT2D eigenvalue weighted by atomic mass is 9.66. The van der Waals surface area contributed by atoms with Crippen molar-refractivity contribution in [2.45, 2.75) is 83.6 Å². The second-order valence-electron chi connectivity index (χ2n) is 12.5. The van der Waals surface area contributed by atoms with Gasteiger partial charge in [0.1, 0.15) is 17.6 Å². The van der Waals surface area contributed by atoms with Gasteiger partial charge in [-0.15, -0.1) is 13.2 Å². The van der Waals surface area contributed by atoms with Crippen molar-refractivity contribution in [1.82, 2.24) is 4.90 Å². The number of fused-ring (bicyclic) bond motifs is 1. The van der Waals surface area contributed by atoms with Crippen LogP contribution in [0.5, 0.6) is 0 Å². The third-order valence-electron chi connectivity index (χ3n) is 9.68. The molecule has 3 aliphatic rings. The molecule has 3 aliphatic heterocycles. The van der Waals surface area contributed by atoms with Gasteiger partial charge in [-0.2, -0.15) is 0 Å². The number of rotatable bonds is 15. The fourth-order valence-corrected chi connectivity index (χ4v) is 7.50. The second kappa shape index (κ2) is 13.2. The molecule has 6 atom stereocenters. The molecule has 0 aromatic heterocycles. The van der Waals surface area contributed by atoms with E-state index in [1.165, 1.54) is 4.90 Å². The van der Waals surface area contributed by atoms with Crippen LogP contribution in [0.1, 0.15) is 60.3 Å². The monoisotopic (exact) mass is 595 g/mol. The van der Waals surface area contributed by atoms with Crippen LogP contribution in [0.15, 0.2) is 49.6 Å². The van der Waals surface area contributed by atoms with Gasteiger partial charge in [-0.05, 0) is 76.6 Å². The first-order valence-corrected chi connectivity index (χ1v) is 15.7. The highest BCUT2D eigenvalue weighted by Gasteiger charge is 2.79. The molecule has 0 aliphatic carbocycles. The van der Waals surface area contributed by atoms with Crippen LogP contribution in [0.25, 0.3) is 0 Å². The largest absolute Gasteiger partial charge is 0.465 e. The molecule has 2 unspecified atom stereocenters. The second-order valence-corrected chi connectivity index (χ2v) is 12.5. The number of aliphatic hydroxyl groups is 1. The summed E-state index contributed by atoms with van der Waals surface area (Å²) in [6, 6.07) is 6.16. The molecule has 1 N–H and O–H groups in total. The van der Waals surface area contributed by atoms with Crippen LogP contribution in [0, 0.1) is 17.8 Å². The van der Waals surface area contributed by atoms with Gasteiger partial charge >= 0.3 is 5.97 Å². The summed E-state index contributed by atoms with van der Waals surface area (Å²) in [7, 11) is 0. The molecule has 2 amide bonds. The third-order valence-corrected chi connectivity index (χ3v) is 9.68. The molecule has 0 radical (unpaired) electrons. The summed E-state index contributed by atoms with van der Waals surface area (Å²) in [5.41, 5.74) is -0.412. The summed E-state index contributed by atoms with van der Waals surface area (Å²) < 4.78 is 12.4. The van der Waals surface area contributed by atoms with E-state index in [4.69, 9.17) is 9.47 Å². The zero-order valence-corrected chi connectivity index (χ0v) is 26.5. The van der Waals surface area contributed by atoms with Gasteiger partial charge < -0.3 is 29.3 Å². The maximum absolute atomic E-state index is 14.8. The number of hydrogen-bond donors (Lipinski definition) is 1. The molecule has 0 saturated carbocycles. The number of amides is 2. The van der Waals surface area contributed by atoms with E-state index in [0.29, 0.717) is 31.4 Å². The highest BCUT2D eigenvalue weighted by molar-refractivity contribution is 6.05. The van der Waals surface area contributed by atoms with Gasteiger partial charge in [0.15, 0.2) is 0 Å². The Labute approximate surface area is 256 Å². The van der Waals surface area contributed by atoms with Crippen LogP contribution >= 0.6 is 0 Å². The van der Waals surface area contributed by atoms with Gasteiger partial charge in [-0.3, -0.25) is 14.4 Å². The summed E-state index contributed by atoms with van der Waals surface area (Å²) in [5.74, 6) is -2.98. The number of nitrogens with zero attached hydrogens (tertiary/aromatic N) is 3. The topological polar surface area (TPSA) is 99.6 Å². The summed E-state index contributed by atoms with van der Waals surface area (Å²) in [5, 5.41) is 10.5. The van der Waals surface area contributed by atoms with E-state index in [1.54, 1.807) is 17.1 Å². The van der Waals surface area contributed by atoms with E-state index in [0.717, 1.165) is 18.8 Å². The average Bonchev–Trinajstić information content (AvgIpc) is 3.56. The van der Waals surface area contributed by atoms with Crippen LogP contribution in [0.2, 0.25) is 0 Å². The Balaban J connectivity index is 1.77. The molecule has 1 aromatic rings. The molecule has 3 heterocycles. The lowest BCUT2D eigenvalue weighted by Crippen LogP contribution is -2.60. The number of hydrogen-bond acceptors (Lipinski definition) is 7. The van der Waals surface area contributed by atoms with Gasteiger partial charge in [-0.1, -0.05) is 26.0 Å². The van der Waals surface area contributed by atoms with E-state index in [-0.39, 0.29) is 37.5 Å². The van der Waals surface area contributed by atoms with Crippen LogP contribution in [0.4, 0.5) is 11.4 Å². The number of carbonyl (C=O) groups excluding carboxylic acids is 3. The number of unbranched alkanes of at least 4 members (excludes halogenated alkanes) is 1. The number of likely N-dealkylation sites (tertiary alicyclic amines) is 1. The SMILES string of the molecule is C=CCCCOC(=O)[C@H]1[C@H]2C(=O)N([C@@H](CO)C(C)C)C(C(=O)N(CC=C)c3ccc(N(CC)CC)cc3)C23CC[C@]1(C)O3. The fraction of sp³-hybridized carbons (Fsp3) is 0.618. The number of anilines is 2. The molecule has 236 valence electrons. The minimum Gasteiger partial charge on any atom is -0.465 e. The van der Waals surface area contributed by atoms with Crippen molar-refractivity contribution >= 4 is 29.2 Å². The Hall–Kier alpha value is -3.17. The van der Waals surface area contributed by atoms with Gasteiger partial charge in [0.05, 0.1) is 30.8 Å². The Kier molecular flexibility index (Phi) is 10.1. The molecule has 1 spiro atoms. The number of ether oxygens (including phenoxy) is 2. The lowest BCUT2D eigenvalue weighted by Gasteiger charge is -2.40. The molecular weight excluding hydrogens is 546 g/mol. The maximum atomic E-state index is 14.8. The van der Waals surface area contributed by atoms with E-state index < -0.39 is 41.1 Å². The Morgan fingerprint density at radius 2 is 1.79 bits per heavy atom. The maximum Gasteiger partial charge on any atom is 0.312 e. The highest BCUT2D eigenvalue weighted by atomic mass is 16.6. The zero-order chi connectivity index (χ0) is 31.5. The molecule has 2 bridgehead atoms. The van der Waals surface area contributed by atoms with Crippen LogP contribution in [0.3, 0.4) is 0 Å². The Morgan fingerprint density at radius 1 is 1.14 bits per heavy atom. The Morgan fingerprint density at radius 3 is 2.35 bits per heavy atom. The Bertz CT molecular complexity index is 1200. The first-order valence-electron chi connectivity index (χ1n) is 15.7. The quantitative estimate of drug-likeness (QED) is 0.183. The average molecular weight is 596 g/mol. The standard InChI is InChI=1S/C34H49N3O6/c1-8-12-13-21-42-32(41)28-27-30(39)37(26(22-38)23(5)6)29(34(27)19-18-33(28,7)43-34)31(40)36(20-9-2)25-16-14-24(15-17-25)35(10-3)11-4/h8-9,14-17,23,26-29,38H,1-2,10-13,18-22H2,3-7H3/t26-,27-,28+,29?,33-,34?/m0/s1. The molecule has 9 heteroatoms. The first kappa shape index (κ1) is 32.7. The third kappa shape index (κ3) is 5.62. The van der Waals surface area contributed by atoms with Crippen LogP contribution in [-0.2, 0) is 23.9 Å². The van der Waals surface area contributed by atoms with Gasteiger partial charge in [0.25, 0.3) is 5.91 Å². The number of benzene rings is 1. The minimum atomic E-state index is -1.21. The summed E-state index contributed by atoms with van der Waals surface area (Å²) in [6.45, 7) is 19.3. The van der Waals surface area contributed by atoms with E-state index >= 15 is 0 Å². The van der Waals surface area contributed by atoms with Gasteiger partial charge in [0.2, 0.25) is 5.91 Å². The van der Waals surface area contributed by atoms with E-state index in [9.17, 15) is 19.5 Å². The molecule has 1 aromatic carbocycles. The smallest absolute Gasteiger partial charge is 0.312 e. The number of aliphatic hydroxyl groups excluding tert-OH is 1. The van der Waals surface area contributed by atoms with Crippen molar-refractivity contribution in [3.8, 4) is 0 Å². The summed E-state index contributed by atoms with van der Waals surface area (Å²) >= 11 is 0. The normalized spacial score (nSPS) is 28.1.